The average molecular weight is 233 g/mol. The van der Waals surface area contributed by atoms with Gasteiger partial charge in [0.15, 0.2) is 10.4 Å². The number of imidazole rings is 1. The molecule has 3 nitrogen and oxygen atoms in total. The molecule has 0 bridgehead atoms. The molecule has 0 saturated heterocycles. The summed E-state index contributed by atoms with van der Waals surface area (Å²) in [7, 11) is 0. The number of aromatic amines is 1. The number of allylic oxidation sites excluding steroid dienone is 2. The van der Waals surface area contributed by atoms with Gasteiger partial charge in [-0.15, -0.1) is 0 Å². The van der Waals surface area contributed by atoms with Gasteiger partial charge in [0.25, 0.3) is 0 Å². The van der Waals surface area contributed by atoms with Crippen LogP contribution in [-0.4, -0.2) is 14.5 Å². The van der Waals surface area contributed by atoms with Gasteiger partial charge >= 0.3 is 0 Å². The zero-order valence-electron chi connectivity index (χ0n) is 9.53. The number of nitrogens with zero attached hydrogens (tertiary/aromatic N) is 2. The van der Waals surface area contributed by atoms with Gasteiger partial charge in [-0.25, -0.2) is 4.98 Å². The fourth-order valence-corrected chi connectivity index (χ4v) is 2.01. The number of hydrogen-bond donors (Lipinski definition) is 1. The molecule has 0 spiro atoms. The van der Waals surface area contributed by atoms with Gasteiger partial charge in [0, 0.05) is 12.7 Å². The summed E-state index contributed by atoms with van der Waals surface area (Å²) in [4.78, 5) is 7.61. The van der Waals surface area contributed by atoms with E-state index < -0.39 is 0 Å². The van der Waals surface area contributed by atoms with Crippen LogP contribution in [0.2, 0.25) is 0 Å². The van der Waals surface area contributed by atoms with E-state index in [4.69, 9.17) is 12.2 Å². The lowest BCUT2D eigenvalue weighted by Gasteiger charge is -2.00. The molecule has 2 aromatic rings. The van der Waals surface area contributed by atoms with Crippen molar-refractivity contribution >= 4 is 23.4 Å². The minimum atomic E-state index is 0.748. The number of pyridine rings is 1. The zero-order chi connectivity index (χ0) is 11.5. The fourth-order valence-electron chi connectivity index (χ4n) is 1.73. The van der Waals surface area contributed by atoms with Gasteiger partial charge in [-0.3, -0.25) is 0 Å². The monoisotopic (exact) mass is 233 g/mol. The molecule has 0 aliphatic heterocycles. The zero-order valence-corrected chi connectivity index (χ0v) is 10.3. The summed E-state index contributed by atoms with van der Waals surface area (Å²) in [6.45, 7) is 4.93. The van der Waals surface area contributed by atoms with Crippen molar-refractivity contribution in [1.29, 1.82) is 0 Å². The van der Waals surface area contributed by atoms with Gasteiger partial charge < -0.3 is 9.55 Å². The molecule has 0 aliphatic rings. The first-order chi connectivity index (χ1) is 7.72. The summed E-state index contributed by atoms with van der Waals surface area (Å²) in [5, 5.41) is 0. The van der Waals surface area contributed by atoms with E-state index in [9.17, 15) is 0 Å². The molecule has 84 valence electrons. The third-order valence-electron chi connectivity index (χ3n) is 2.50. The van der Waals surface area contributed by atoms with Crippen molar-refractivity contribution in [3.05, 3.63) is 34.7 Å². The molecule has 0 fully saturated rings. The molecule has 0 amide bonds. The molecule has 2 heterocycles. The number of hydrogen-bond acceptors (Lipinski definition) is 2. The van der Waals surface area contributed by atoms with Crippen LogP contribution in [0.5, 0.6) is 0 Å². The number of rotatable bonds is 3. The minimum absolute atomic E-state index is 0.748. The Kier molecular flexibility index (Phi) is 3.19. The van der Waals surface area contributed by atoms with Crippen LogP contribution in [-0.2, 0) is 6.54 Å². The minimum Gasteiger partial charge on any atom is -0.329 e. The van der Waals surface area contributed by atoms with Gasteiger partial charge in [0.1, 0.15) is 0 Å². The summed E-state index contributed by atoms with van der Waals surface area (Å²) >= 11 is 5.29. The van der Waals surface area contributed by atoms with Crippen LogP contribution < -0.4 is 0 Å². The molecule has 2 rings (SSSR count). The number of aromatic nitrogens is 3. The molecule has 4 heteroatoms. The average Bonchev–Trinajstić information content (AvgIpc) is 2.55. The Labute approximate surface area is 99.8 Å². The lowest BCUT2D eigenvalue weighted by atomic mass is 10.3. The Morgan fingerprint density at radius 3 is 3.12 bits per heavy atom. The van der Waals surface area contributed by atoms with Gasteiger partial charge in [-0.05, 0) is 44.1 Å². The van der Waals surface area contributed by atoms with Crippen molar-refractivity contribution in [3.8, 4) is 0 Å². The molecule has 0 atom stereocenters. The largest absolute Gasteiger partial charge is 0.329 e. The van der Waals surface area contributed by atoms with Crippen LogP contribution in [0, 0.1) is 11.7 Å². The standard InChI is InChI=1S/C12H15N3S/c1-3-4-5-6-15-11-10(14-12(15)16)7-9(2)8-13-11/h3-4,7-8H,5-6H2,1-2H3,(H,14,16)/b4-3+. The van der Waals surface area contributed by atoms with E-state index in [-0.39, 0.29) is 0 Å². The molecule has 0 aromatic carbocycles. The van der Waals surface area contributed by atoms with Crippen LogP contribution in [0.1, 0.15) is 18.9 Å². The number of fused-ring (bicyclic) bond motifs is 1. The highest BCUT2D eigenvalue weighted by Gasteiger charge is 2.04. The summed E-state index contributed by atoms with van der Waals surface area (Å²) < 4.78 is 2.79. The van der Waals surface area contributed by atoms with Crippen molar-refractivity contribution in [2.75, 3.05) is 0 Å². The van der Waals surface area contributed by atoms with Crippen molar-refractivity contribution in [2.24, 2.45) is 0 Å². The summed E-state index contributed by atoms with van der Waals surface area (Å²) in [5.74, 6) is 0. The first kappa shape index (κ1) is 11.1. The fraction of sp³-hybridized carbons (Fsp3) is 0.333. The molecule has 0 unspecified atom stereocenters. The lowest BCUT2D eigenvalue weighted by Crippen LogP contribution is -1.98. The molecule has 0 saturated carbocycles. The summed E-state index contributed by atoms with van der Waals surface area (Å²) in [6, 6.07) is 2.07. The summed E-state index contributed by atoms with van der Waals surface area (Å²) in [6.07, 6.45) is 7.04. The van der Waals surface area contributed by atoms with Crippen LogP contribution in [0.15, 0.2) is 24.4 Å². The smallest absolute Gasteiger partial charge is 0.179 e. The predicted octanol–water partition coefficient (Wildman–Crippen LogP) is 3.37. The molecule has 1 N–H and O–H groups in total. The number of nitrogens with one attached hydrogen (secondary N) is 1. The Bertz CT molecular complexity index is 577. The second-order valence-corrected chi connectivity index (χ2v) is 4.21. The highest BCUT2D eigenvalue weighted by atomic mass is 32.1. The van der Waals surface area contributed by atoms with Gasteiger partial charge in [0.05, 0.1) is 5.52 Å². The quantitative estimate of drug-likeness (QED) is 0.651. The topological polar surface area (TPSA) is 33.6 Å². The Balaban J connectivity index is 2.44. The first-order valence-electron chi connectivity index (χ1n) is 5.38. The summed E-state index contributed by atoms with van der Waals surface area (Å²) in [5.41, 5.74) is 3.11. The second kappa shape index (κ2) is 4.61. The van der Waals surface area contributed by atoms with Gasteiger partial charge in [-0.1, -0.05) is 12.2 Å². The number of H-pyrrole nitrogens is 1. The van der Waals surface area contributed by atoms with Crippen molar-refractivity contribution in [2.45, 2.75) is 26.8 Å². The van der Waals surface area contributed by atoms with E-state index >= 15 is 0 Å². The Morgan fingerprint density at radius 1 is 1.56 bits per heavy atom. The van der Waals surface area contributed by atoms with E-state index in [1.807, 2.05) is 24.6 Å². The van der Waals surface area contributed by atoms with Crippen LogP contribution in [0.25, 0.3) is 11.2 Å². The van der Waals surface area contributed by atoms with Gasteiger partial charge in [-0.2, -0.15) is 0 Å². The maximum absolute atomic E-state index is 5.29. The molecular formula is C12H15N3S. The maximum atomic E-state index is 5.29. The van der Waals surface area contributed by atoms with Crippen LogP contribution in [0.4, 0.5) is 0 Å². The van der Waals surface area contributed by atoms with Crippen LogP contribution >= 0.6 is 12.2 Å². The third-order valence-corrected chi connectivity index (χ3v) is 2.82. The normalized spacial score (nSPS) is 11.6. The highest BCUT2D eigenvalue weighted by Crippen LogP contribution is 2.13. The second-order valence-electron chi connectivity index (χ2n) is 3.82. The van der Waals surface area contributed by atoms with Crippen LogP contribution in [0.3, 0.4) is 0 Å². The van der Waals surface area contributed by atoms with E-state index in [0.29, 0.717) is 0 Å². The van der Waals surface area contributed by atoms with Crippen molar-refractivity contribution in [3.63, 3.8) is 0 Å². The Morgan fingerprint density at radius 2 is 2.38 bits per heavy atom. The molecule has 2 aromatic heterocycles. The van der Waals surface area contributed by atoms with Crippen molar-refractivity contribution in [1.82, 2.24) is 14.5 Å². The van der Waals surface area contributed by atoms with E-state index in [1.165, 1.54) is 0 Å². The highest BCUT2D eigenvalue weighted by molar-refractivity contribution is 7.71. The van der Waals surface area contributed by atoms with E-state index in [2.05, 4.69) is 28.2 Å². The van der Waals surface area contributed by atoms with Crippen molar-refractivity contribution < 1.29 is 0 Å². The maximum Gasteiger partial charge on any atom is 0.179 e. The first-order valence-corrected chi connectivity index (χ1v) is 5.79. The lowest BCUT2D eigenvalue weighted by molar-refractivity contribution is 0.713. The number of aryl methyl sites for hydroxylation is 2. The van der Waals surface area contributed by atoms with E-state index in [0.717, 1.165) is 34.5 Å². The van der Waals surface area contributed by atoms with Gasteiger partial charge in [0.2, 0.25) is 0 Å². The molecule has 16 heavy (non-hydrogen) atoms. The Hall–Kier alpha value is -1.42. The van der Waals surface area contributed by atoms with E-state index in [1.54, 1.807) is 0 Å². The molecule has 0 aliphatic carbocycles. The predicted molar refractivity (Wildman–Crippen MR) is 69.1 cm³/mol. The third kappa shape index (κ3) is 2.07. The molecule has 0 radical (unpaired) electrons. The SMILES string of the molecule is C/C=C/CCn1c(=S)[nH]c2cc(C)cnc21. The molecular weight excluding hydrogens is 218 g/mol.